The number of amides is 1. The zero-order valence-electron chi connectivity index (χ0n) is 15.2. The quantitative estimate of drug-likeness (QED) is 0.573. The first-order valence-electron chi connectivity index (χ1n) is 9.33. The SMILES string of the molecule is O=C(Nc1ccc(Br)cc1Cl)c1ccc2c(=O)n3c(nc2c1)CCCCCC3. The van der Waals surface area contributed by atoms with Crippen molar-refractivity contribution in [1.82, 2.24) is 9.55 Å². The minimum absolute atomic E-state index is 0.0233. The molecule has 0 radical (unpaired) electrons. The van der Waals surface area contributed by atoms with E-state index in [1.54, 1.807) is 34.9 Å². The van der Waals surface area contributed by atoms with Crippen LogP contribution < -0.4 is 10.9 Å². The van der Waals surface area contributed by atoms with Gasteiger partial charge in [-0.2, -0.15) is 0 Å². The van der Waals surface area contributed by atoms with E-state index in [0.29, 0.717) is 33.7 Å². The van der Waals surface area contributed by atoms with Gasteiger partial charge in [0.1, 0.15) is 5.82 Å². The van der Waals surface area contributed by atoms with Crippen LogP contribution in [-0.4, -0.2) is 15.5 Å². The number of hydrogen-bond acceptors (Lipinski definition) is 3. The number of anilines is 1. The molecule has 4 rings (SSSR count). The molecule has 0 atom stereocenters. The molecular formula is C21H19BrClN3O2. The van der Waals surface area contributed by atoms with Crippen LogP contribution in [0.25, 0.3) is 10.9 Å². The summed E-state index contributed by atoms with van der Waals surface area (Å²) in [5.74, 6) is 0.519. The van der Waals surface area contributed by atoms with Crippen LogP contribution >= 0.6 is 27.5 Å². The number of benzene rings is 2. The molecule has 0 aliphatic carbocycles. The van der Waals surface area contributed by atoms with E-state index in [2.05, 4.69) is 21.2 Å². The van der Waals surface area contributed by atoms with E-state index in [1.807, 2.05) is 6.07 Å². The second-order valence-electron chi connectivity index (χ2n) is 6.96. The standard InChI is InChI=1S/C21H19BrClN3O2/c22-14-7-9-17(16(23)12-14)25-20(27)13-6-8-15-18(11-13)24-19-5-3-1-2-4-10-26(19)21(15)28/h6-9,11-12H,1-5,10H2,(H,25,27). The maximum Gasteiger partial charge on any atom is 0.261 e. The lowest BCUT2D eigenvalue weighted by Crippen LogP contribution is -2.26. The van der Waals surface area contributed by atoms with Crippen LogP contribution in [0.4, 0.5) is 5.69 Å². The maximum atomic E-state index is 12.9. The lowest BCUT2D eigenvalue weighted by atomic mass is 10.1. The number of hydrogen-bond donors (Lipinski definition) is 1. The highest BCUT2D eigenvalue weighted by molar-refractivity contribution is 9.10. The third kappa shape index (κ3) is 3.84. The van der Waals surface area contributed by atoms with Crippen LogP contribution in [0.1, 0.15) is 41.9 Å². The molecule has 1 aliphatic heterocycles. The second kappa shape index (κ2) is 8.05. The first-order valence-corrected chi connectivity index (χ1v) is 10.5. The molecule has 3 aromatic rings. The number of nitrogens with one attached hydrogen (secondary N) is 1. The van der Waals surface area contributed by atoms with E-state index in [9.17, 15) is 9.59 Å². The first-order chi connectivity index (χ1) is 13.5. The summed E-state index contributed by atoms with van der Waals surface area (Å²) in [7, 11) is 0. The molecule has 0 fully saturated rings. The largest absolute Gasteiger partial charge is 0.321 e. The summed E-state index contributed by atoms with van der Waals surface area (Å²) >= 11 is 9.53. The number of aryl methyl sites for hydroxylation is 1. The highest BCUT2D eigenvalue weighted by Gasteiger charge is 2.15. The zero-order valence-corrected chi connectivity index (χ0v) is 17.5. The van der Waals surface area contributed by atoms with Gasteiger partial charge in [-0.05, 0) is 49.2 Å². The molecule has 2 aromatic carbocycles. The summed E-state index contributed by atoms with van der Waals surface area (Å²) < 4.78 is 2.63. The van der Waals surface area contributed by atoms with Gasteiger partial charge in [-0.15, -0.1) is 0 Å². The smallest absolute Gasteiger partial charge is 0.261 e. The van der Waals surface area contributed by atoms with Gasteiger partial charge in [-0.25, -0.2) is 4.98 Å². The number of nitrogens with zero attached hydrogens (tertiary/aromatic N) is 2. The molecule has 0 spiro atoms. The predicted octanol–water partition coefficient (Wildman–Crippen LogP) is 5.18. The Labute approximate surface area is 175 Å². The van der Waals surface area contributed by atoms with Gasteiger partial charge >= 0.3 is 0 Å². The number of aromatic nitrogens is 2. The number of carbonyl (C=O) groups excluding carboxylic acids is 1. The number of fused-ring (bicyclic) bond motifs is 2. The number of halogens is 2. The number of rotatable bonds is 2. The van der Waals surface area contributed by atoms with Crippen LogP contribution in [0.2, 0.25) is 5.02 Å². The minimum Gasteiger partial charge on any atom is -0.321 e. The molecule has 0 unspecified atom stereocenters. The summed E-state index contributed by atoms with van der Waals surface area (Å²) in [4.78, 5) is 30.3. The van der Waals surface area contributed by atoms with Crippen molar-refractivity contribution in [1.29, 1.82) is 0 Å². The van der Waals surface area contributed by atoms with Crippen LogP contribution in [0, 0.1) is 0 Å². The Bertz CT molecular complexity index is 1130. The average Bonchev–Trinajstić information content (AvgIpc) is 2.65. The zero-order chi connectivity index (χ0) is 19.7. The maximum absolute atomic E-state index is 12.9. The molecule has 2 heterocycles. The van der Waals surface area contributed by atoms with E-state index in [0.717, 1.165) is 42.4 Å². The third-order valence-electron chi connectivity index (χ3n) is 5.01. The van der Waals surface area contributed by atoms with Gasteiger partial charge in [0.2, 0.25) is 0 Å². The van der Waals surface area contributed by atoms with Crippen molar-refractivity contribution in [3.8, 4) is 0 Å². The Balaban J connectivity index is 1.69. The first kappa shape index (κ1) is 19.2. The molecule has 144 valence electrons. The summed E-state index contributed by atoms with van der Waals surface area (Å²) in [5.41, 5.74) is 1.51. The summed E-state index contributed by atoms with van der Waals surface area (Å²) in [6.45, 7) is 0.710. The van der Waals surface area contributed by atoms with E-state index < -0.39 is 0 Å². The van der Waals surface area contributed by atoms with Crippen LogP contribution in [0.5, 0.6) is 0 Å². The van der Waals surface area contributed by atoms with Crippen molar-refractivity contribution < 1.29 is 4.79 Å². The average molecular weight is 461 g/mol. The topological polar surface area (TPSA) is 64.0 Å². The van der Waals surface area contributed by atoms with E-state index >= 15 is 0 Å². The molecule has 1 N–H and O–H groups in total. The van der Waals surface area contributed by atoms with Gasteiger partial charge in [-0.1, -0.05) is 40.4 Å². The Morgan fingerprint density at radius 1 is 1.11 bits per heavy atom. The van der Waals surface area contributed by atoms with Crippen LogP contribution in [-0.2, 0) is 13.0 Å². The van der Waals surface area contributed by atoms with Gasteiger partial charge in [0.25, 0.3) is 11.5 Å². The minimum atomic E-state index is -0.292. The van der Waals surface area contributed by atoms with Crippen LogP contribution in [0.15, 0.2) is 45.7 Å². The van der Waals surface area contributed by atoms with Gasteiger partial charge in [0.15, 0.2) is 0 Å². The molecule has 1 amide bonds. The van der Waals surface area contributed by atoms with Crippen molar-refractivity contribution in [2.24, 2.45) is 0 Å². The van der Waals surface area contributed by atoms with E-state index in [-0.39, 0.29) is 11.5 Å². The van der Waals surface area contributed by atoms with Crippen LogP contribution in [0.3, 0.4) is 0 Å². The Hall–Kier alpha value is -2.18. The van der Waals surface area contributed by atoms with Crippen molar-refractivity contribution in [2.45, 2.75) is 38.6 Å². The fourth-order valence-corrected chi connectivity index (χ4v) is 4.24. The normalized spacial score (nSPS) is 14.2. The second-order valence-corrected chi connectivity index (χ2v) is 8.28. The van der Waals surface area contributed by atoms with E-state index in [4.69, 9.17) is 16.6 Å². The molecule has 5 nitrogen and oxygen atoms in total. The van der Waals surface area contributed by atoms with Crippen molar-refractivity contribution >= 4 is 50.0 Å². The fourth-order valence-electron chi connectivity index (χ4n) is 3.52. The highest BCUT2D eigenvalue weighted by atomic mass is 79.9. The van der Waals surface area contributed by atoms with Gasteiger partial charge < -0.3 is 5.32 Å². The Morgan fingerprint density at radius 3 is 2.75 bits per heavy atom. The summed E-state index contributed by atoms with van der Waals surface area (Å²) in [5, 5.41) is 3.80. The van der Waals surface area contributed by atoms with Crippen molar-refractivity contribution in [2.75, 3.05) is 5.32 Å². The van der Waals surface area contributed by atoms with E-state index in [1.165, 1.54) is 0 Å². The number of carbonyl (C=O) groups is 1. The van der Waals surface area contributed by atoms with Gasteiger partial charge in [0.05, 0.1) is 21.6 Å². The molecule has 28 heavy (non-hydrogen) atoms. The molecule has 1 aromatic heterocycles. The van der Waals surface area contributed by atoms with Gasteiger partial charge in [-0.3, -0.25) is 14.2 Å². The van der Waals surface area contributed by atoms with Crippen molar-refractivity contribution in [3.05, 3.63) is 67.6 Å². The lowest BCUT2D eigenvalue weighted by molar-refractivity contribution is 0.102. The van der Waals surface area contributed by atoms with Crippen molar-refractivity contribution in [3.63, 3.8) is 0 Å². The Morgan fingerprint density at radius 2 is 1.93 bits per heavy atom. The molecule has 1 aliphatic rings. The third-order valence-corrected chi connectivity index (χ3v) is 5.81. The highest BCUT2D eigenvalue weighted by Crippen LogP contribution is 2.26. The molecule has 0 saturated carbocycles. The summed E-state index contributed by atoms with van der Waals surface area (Å²) in [6.07, 6.45) is 5.11. The fraction of sp³-hybridized carbons (Fsp3) is 0.286. The Kier molecular flexibility index (Phi) is 5.51. The predicted molar refractivity (Wildman–Crippen MR) is 115 cm³/mol. The lowest BCUT2D eigenvalue weighted by Gasteiger charge is -2.16. The molecule has 0 bridgehead atoms. The van der Waals surface area contributed by atoms with Gasteiger partial charge in [0, 0.05) is 23.0 Å². The molecular weight excluding hydrogens is 442 g/mol. The molecule has 7 heteroatoms. The summed E-state index contributed by atoms with van der Waals surface area (Å²) in [6, 6.07) is 10.3. The monoisotopic (exact) mass is 459 g/mol. The molecule has 0 saturated heterocycles.